The molecule has 1 amide bonds. The largest absolute Gasteiger partial charge is 0.420 e. The Balaban J connectivity index is 1.72. The highest BCUT2D eigenvalue weighted by molar-refractivity contribution is 5.92. The number of carbonyl (C=O) groups excluding carboxylic acids is 1. The third-order valence-corrected chi connectivity index (χ3v) is 4.00. The number of halogens is 4. The number of carbonyl (C=O) groups is 1. The van der Waals surface area contributed by atoms with Crippen molar-refractivity contribution in [3.63, 3.8) is 0 Å². The van der Waals surface area contributed by atoms with Crippen molar-refractivity contribution < 1.29 is 22.4 Å². The van der Waals surface area contributed by atoms with Gasteiger partial charge >= 0.3 is 6.18 Å². The first-order valence-corrected chi connectivity index (χ1v) is 6.65. The van der Waals surface area contributed by atoms with Gasteiger partial charge in [-0.2, -0.15) is 17.6 Å². The average molecular weight is 303 g/mol. The van der Waals surface area contributed by atoms with E-state index in [1.807, 2.05) is 0 Å². The minimum Gasteiger partial charge on any atom is -0.346 e. The van der Waals surface area contributed by atoms with Gasteiger partial charge in [-0.3, -0.25) is 4.79 Å². The Hall–Kier alpha value is -1.70. The predicted octanol–water partition coefficient (Wildman–Crippen LogP) is 1.86. The zero-order chi connectivity index (χ0) is 15.2. The van der Waals surface area contributed by atoms with Crippen LogP contribution < -0.4 is 10.6 Å². The van der Waals surface area contributed by atoms with E-state index in [2.05, 4.69) is 15.6 Å². The van der Waals surface area contributed by atoms with E-state index in [-0.39, 0.29) is 17.8 Å². The van der Waals surface area contributed by atoms with Gasteiger partial charge in [-0.25, -0.2) is 4.98 Å². The van der Waals surface area contributed by atoms with Crippen molar-refractivity contribution in [2.75, 3.05) is 0 Å². The molecule has 2 bridgehead atoms. The van der Waals surface area contributed by atoms with Crippen molar-refractivity contribution in [1.29, 1.82) is 0 Å². The Morgan fingerprint density at radius 2 is 2.10 bits per heavy atom. The fourth-order valence-electron chi connectivity index (χ4n) is 3.00. The fourth-order valence-corrected chi connectivity index (χ4v) is 3.00. The second-order valence-corrected chi connectivity index (χ2v) is 5.40. The summed E-state index contributed by atoms with van der Waals surface area (Å²) in [6.07, 6.45) is -2.03. The molecule has 2 saturated heterocycles. The molecule has 0 spiro atoms. The van der Waals surface area contributed by atoms with Crippen molar-refractivity contribution in [2.45, 2.75) is 43.6 Å². The molecule has 3 atom stereocenters. The number of rotatable bonds is 2. The molecule has 0 unspecified atom stereocenters. The molecule has 0 saturated carbocycles. The van der Waals surface area contributed by atoms with Crippen LogP contribution in [0.3, 0.4) is 0 Å². The molecule has 114 valence electrons. The normalized spacial score (nSPS) is 27.9. The van der Waals surface area contributed by atoms with Crippen LogP contribution in [0, 0.1) is 5.95 Å². The Morgan fingerprint density at radius 1 is 1.33 bits per heavy atom. The lowest BCUT2D eigenvalue weighted by Crippen LogP contribution is -2.43. The van der Waals surface area contributed by atoms with Crippen molar-refractivity contribution >= 4 is 5.91 Å². The number of nitrogens with zero attached hydrogens (tertiary/aromatic N) is 1. The summed E-state index contributed by atoms with van der Waals surface area (Å²) in [5.41, 5.74) is -1.82. The van der Waals surface area contributed by atoms with Crippen LogP contribution in [0.2, 0.25) is 0 Å². The minimum absolute atomic E-state index is 0.0802. The van der Waals surface area contributed by atoms with Gasteiger partial charge in [-0.1, -0.05) is 0 Å². The molecular weight excluding hydrogens is 290 g/mol. The van der Waals surface area contributed by atoms with Crippen molar-refractivity contribution in [3.05, 3.63) is 29.3 Å². The minimum atomic E-state index is -4.82. The molecule has 4 nitrogen and oxygen atoms in total. The lowest BCUT2D eigenvalue weighted by atomic mass is 9.95. The van der Waals surface area contributed by atoms with E-state index in [0.717, 1.165) is 25.3 Å². The molecule has 1 aromatic heterocycles. The van der Waals surface area contributed by atoms with E-state index < -0.39 is 23.6 Å². The van der Waals surface area contributed by atoms with Gasteiger partial charge in [0, 0.05) is 18.1 Å². The third kappa shape index (κ3) is 2.72. The summed E-state index contributed by atoms with van der Waals surface area (Å²) >= 11 is 0. The van der Waals surface area contributed by atoms with Gasteiger partial charge < -0.3 is 10.6 Å². The number of fused-ring (bicyclic) bond motifs is 2. The van der Waals surface area contributed by atoms with Gasteiger partial charge in [-0.15, -0.1) is 0 Å². The standard InChI is InChI=1S/C13H13F4N3O/c14-11-7(13(15,16)17)2-4-9(19-11)12(21)20-10-5-6-1-3-8(10)18-6/h2,4,6,8,10,18H,1,3,5H2,(H,20,21)/t6-,8+,10-/m1/s1. The quantitative estimate of drug-likeness (QED) is 0.648. The summed E-state index contributed by atoms with van der Waals surface area (Å²) in [5, 5.41) is 6.02. The number of amides is 1. The molecule has 3 rings (SSSR count). The van der Waals surface area contributed by atoms with Gasteiger partial charge in [0.15, 0.2) is 0 Å². The maximum atomic E-state index is 13.3. The lowest BCUT2D eigenvalue weighted by Gasteiger charge is -2.21. The van der Waals surface area contributed by atoms with Gasteiger partial charge in [0.05, 0.1) is 0 Å². The van der Waals surface area contributed by atoms with Crippen molar-refractivity contribution in [1.82, 2.24) is 15.6 Å². The molecule has 1 aromatic rings. The molecule has 8 heteroatoms. The molecule has 2 fully saturated rings. The van der Waals surface area contributed by atoms with Crippen LogP contribution in [0.25, 0.3) is 0 Å². The van der Waals surface area contributed by atoms with Crippen molar-refractivity contribution in [2.24, 2.45) is 0 Å². The van der Waals surface area contributed by atoms with Crippen LogP contribution in [-0.2, 0) is 6.18 Å². The van der Waals surface area contributed by atoms with Crippen LogP contribution in [0.1, 0.15) is 35.3 Å². The van der Waals surface area contributed by atoms with Crippen LogP contribution in [0.15, 0.2) is 12.1 Å². The van der Waals surface area contributed by atoms with Gasteiger partial charge in [-0.05, 0) is 31.4 Å². The van der Waals surface area contributed by atoms with Crippen LogP contribution in [0.4, 0.5) is 17.6 Å². The lowest BCUT2D eigenvalue weighted by molar-refractivity contribution is -0.140. The summed E-state index contributed by atoms with van der Waals surface area (Å²) in [4.78, 5) is 15.1. The topological polar surface area (TPSA) is 54.0 Å². The zero-order valence-electron chi connectivity index (χ0n) is 10.9. The Labute approximate surface area is 117 Å². The number of pyridine rings is 1. The van der Waals surface area contributed by atoms with E-state index in [1.54, 1.807) is 0 Å². The highest BCUT2D eigenvalue weighted by atomic mass is 19.4. The molecule has 21 heavy (non-hydrogen) atoms. The smallest absolute Gasteiger partial charge is 0.346 e. The first kappa shape index (κ1) is 14.2. The Kier molecular flexibility index (Phi) is 3.35. The van der Waals surface area contributed by atoms with E-state index >= 15 is 0 Å². The van der Waals surface area contributed by atoms with E-state index in [1.165, 1.54) is 0 Å². The number of hydrogen-bond donors (Lipinski definition) is 2. The van der Waals surface area contributed by atoms with Gasteiger partial charge in [0.1, 0.15) is 11.3 Å². The van der Waals surface area contributed by atoms with E-state index in [0.29, 0.717) is 12.1 Å². The van der Waals surface area contributed by atoms with Gasteiger partial charge in [0.25, 0.3) is 5.91 Å². The Morgan fingerprint density at radius 3 is 2.62 bits per heavy atom. The fraction of sp³-hybridized carbons (Fsp3) is 0.538. The summed E-state index contributed by atoms with van der Waals surface area (Å²) in [5.74, 6) is -2.33. The second-order valence-electron chi connectivity index (χ2n) is 5.40. The summed E-state index contributed by atoms with van der Waals surface area (Å²) < 4.78 is 50.6. The highest BCUT2D eigenvalue weighted by Gasteiger charge is 2.40. The highest BCUT2D eigenvalue weighted by Crippen LogP contribution is 2.31. The average Bonchev–Trinajstić information content (AvgIpc) is 2.99. The van der Waals surface area contributed by atoms with Crippen LogP contribution in [0.5, 0.6) is 0 Å². The molecular formula is C13H13F4N3O. The molecule has 0 aliphatic carbocycles. The monoisotopic (exact) mass is 303 g/mol. The first-order valence-electron chi connectivity index (χ1n) is 6.65. The van der Waals surface area contributed by atoms with Crippen molar-refractivity contribution in [3.8, 4) is 0 Å². The maximum Gasteiger partial charge on any atom is 0.420 e. The molecule has 2 aliphatic heterocycles. The molecule has 0 aromatic carbocycles. The summed E-state index contributed by atoms with van der Waals surface area (Å²) in [6, 6.07) is 1.90. The second kappa shape index (κ2) is 4.94. The number of nitrogens with one attached hydrogen (secondary N) is 2. The predicted molar refractivity (Wildman–Crippen MR) is 65.0 cm³/mol. The van der Waals surface area contributed by atoms with E-state index in [4.69, 9.17) is 0 Å². The van der Waals surface area contributed by atoms with Crippen LogP contribution in [-0.4, -0.2) is 29.0 Å². The SMILES string of the molecule is O=C(N[C@@H]1C[C@H]2CC[C@@H]1N2)c1ccc(C(F)(F)F)c(F)n1. The Bertz CT molecular complexity index is 575. The van der Waals surface area contributed by atoms with Gasteiger partial charge in [0.2, 0.25) is 5.95 Å². The number of hydrogen-bond acceptors (Lipinski definition) is 3. The number of aromatic nitrogens is 1. The molecule has 0 radical (unpaired) electrons. The first-order chi connectivity index (χ1) is 9.84. The van der Waals surface area contributed by atoms with Crippen LogP contribution >= 0.6 is 0 Å². The molecule has 2 N–H and O–H groups in total. The maximum absolute atomic E-state index is 13.3. The molecule has 3 heterocycles. The third-order valence-electron chi connectivity index (χ3n) is 4.00. The summed E-state index contributed by atoms with van der Waals surface area (Å²) in [7, 11) is 0. The number of alkyl halides is 3. The van der Waals surface area contributed by atoms with E-state index in [9.17, 15) is 22.4 Å². The zero-order valence-corrected chi connectivity index (χ0v) is 10.9. The summed E-state index contributed by atoms with van der Waals surface area (Å²) in [6.45, 7) is 0. The molecule has 2 aliphatic rings.